The van der Waals surface area contributed by atoms with Crippen LogP contribution in [-0.2, 0) is 6.61 Å². The van der Waals surface area contributed by atoms with E-state index in [0.29, 0.717) is 24.3 Å². The van der Waals surface area contributed by atoms with Crippen LogP contribution < -0.4 is 9.47 Å². The van der Waals surface area contributed by atoms with Crippen molar-refractivity contribution in [3.8, 4) is 11.8 Å². The average molecular weight is 287 g/mol. The normalized spacial score (nSPS) is 9.81. The van der Waals surface area contributed by atoms with Crippen molar-refractivity contribution in [2.45, 2.75) is 40.2 Å². The highest BCUT2D eigenvalue weighted by atomic mass is 16.5. The summed E-state index contributed by atoms with van der Waals surface area (Å²) in [6.07, 6.45) is 0. The monoisotopic (exact) mass is 287 g/mol. The Kier molecular flexibility index (Phi) is 7.30. The summed E-state index contributed by atoms with van der Waals surface area (Å²) in [6, 6.07) is 13.9. The Morgan fingerprint density at radius 3 is 2.24 bits per heavy atom. The Balaban J connectivity index is 0.00000106. The smallest absolute Gasteiger partial charge is 0.220 e. The SMILES string of the molecule is CC.COc1ccc(C(C)C)c(OCc2ccccc2)n1. The molecule has 0 amide bonds. The molecule has 0 atom stereocenters. The van der Waals surface area contributed by atoms with Crippen LogP contribution >= 0.6 is 0 Å². The van der Waals surface area contributed by atoms with E-state index in [9.17, 15) is 0 Å². The third-order valence-electron chi connectivity index (χ3n) is 2.91. The quantitative estimate of drug-likeness (QED) is 0.790. The first kappa shape index (κ1) is 17.0. The molecule has 0 aliphatic carbocycles. The summed E-state index contributed by atoms with van der Waals surface area (Å²) in [5.41, 5.74) is 2.22. The van der Waals surface area contributed by atoms with Gasteiger partial charge in [0.1, 0.15) is 6.61 Å². The maximum atomic E-state index is 5.84. The van der Waals surface area contributed by atoms with Gasteiger partial charge in [-0.3, -0.25) is 0 Å². The number of aromatic nitrogens is 1. The Labute approximate surface area is 127 Å². The molecular weight excluding hydrogens is 262 g/mol. The highest BCUT2D eigenvalue weighted by Gasteiger charge is 2.11. The molecule has 0 fully saturated rings. The Morgan fingerprint density at radius 1 is 1.00 bits per heavy atom. The van der Waals surface area contributed by atoms with Crippen LogP contribution in [0.3, 0.4) is 0 Å². The maximum absolute atomic E-state index is 5.84. The lowest BCUT2D eigenvalue weighted by Gasteiger charge is -2.14. The molecule has 1 aromatic carbocycles. The zero-order chi connectivity index (χ0) is 15.7. The molecule has 0 spiro atoms. The van der Waals surface area contributed by atoms with Crippen LogP contribution in [0.5, 0.6) is 11.8 Å². The van der Waals surface area contributed by atoms with Gasteiger partial charge in [0.2, 0.25) is 11.8 Å². The van der Waals surface area contributed by atoms with Crippen molar-refractivity contribution in [2.24, 2.45) is 0 Å². The summed E-state index contributed by atoms with van der Waals surface area (Å²) < 4.78 is 11.0. The second-order valence-corrected chi connectivity index (χ2v) is 4.68. The number of rotatable bonds is 5. The first-order valence-corrected chi connectivity index (χ1v) is 7.42. The number of methoxy groups -OCH3 is 1. The van der Waals surface area contributed by atoms with E-state index in [1.54, 1.807) is 7.11 Å². The summed E-state index contributed by atoms with van der Waals surface area (Å²) >= 11 is 0. The van der Waals surface area contributed by atoms with Crippen molar-refractivity contribution in [1.82, 2.24) is 4.98 Å². The fourth-order valence-electron chi connectivity index (χ4n) is 1.83. The van der Waals surface area contributed by atoms with Crippen molar-refractivity contribution < 1.29 is 9.47 Å². The van der Waals surface area contributed by atoms with Crippen molar-refractivity contribution >= 4 is 0 Å². The molecule has 1 aromatic heterocycles. The van der Waals surface area contributed by atoms with Crippen LogP contribution in [0.4, 0.5) is 0 Å². The van der Waals surface area contributed by atoms with Crippen molar-refractivity contribution in [1.29, 1.82) is 0 Å². The van der Waals surface area contributed by atoms with E-state index in [1.165, 1.54) is 0 Å². The largest absolute Gasteiger partial charge is 0.481 e. The second kappa shape index (κ2) is 9.01. The van der Waals surface area contributed by atoms with Crippen LogP contribution in [0.1, 0.15) is 44.7 Å². The topological polar surface area (TPSA) is 31.4 Å². The zero-order valence-corrected chi connectivity index (χ0v) is 13.6. The first-order chi connectivity index (χ1) is 10.2. The zero-order valence-electron chi connectivity index (χ0n) is 13.6. The van der Waals surface area contributed by atoms with Gasteiger partial charge in [-0.2, -0.15) is 4.98 Å². The van der Waals surface area contributed by atoms with Crippen molar-refractivity contribution in [3.63, 3.8) is 0 Å². The van der Waals surface area contributed by atoms with Gasteiger partial charge in [-0.25, -0.2) is 0 Å². The van der Waals surface area contributed by atoms with Gasteiger partial charge in [-0.1, -0.05) is 58.0 Å². The summed E-state index contributed by atoms with van der Waals surface area (Å²) in [7, 11) is 1.61. The predicted molar refractivity (Wildman–Crippen MR) is 87.0 cm³/mol. The van der Waals surface area contributed by atoms with E-state index in [4.69, 9.17) is 9.47 Å². The van der Waals surface area contributed by atoms with Gasteiger partial charge >= 0.3 is 0 Å². The van der Waals surface area contributed by atoms with Gasteiger partial charge in [-0.15, -0.1) is 0 Å². The predicted octanol–water partition coefficient (Wildman–Crippen LogP) is 4.82. The fourth-order valence-corrected chi connectivity index (χ4v) is 1.83. The molecule has 0 unspecified atom stereocenters. The standard InChI is InChI=1S/C16H19NO2.C2H6/c1-12(2)14-9-10-15(18-3)17-16(14)19-11-13-7-5-4-6-8-13;1-2/h4-10,12H,11H2,1-3H3;1-2H3. The first-order valence-electron chi connectivity index (χ1n) is 7.42. The Morgan fingerprint density at radius 2 is 1.67 bits per heavy atom. The number of ether oxygens (including phenoxy) is 2. The highest BCUT2D eigenvalue weighted by Crippen LogP contribution is 2.27. The van der Waals surface area contributed by atoms with Crippen LogP contribution in [0.15, 0.2) is 42.5 Å². The van der Waals surface area contributed by atoms with Crippen LogP contribution in [0.2, 0.25) is 0 Å². The number of nitrogens with zero attached hydrogens (tertiary/aromatic N) is 1. The molecule has 0 saturated heterocycles. The molecular formula is C18H25NO2. The lowest BCUT2D eigenvalue weighted by molar-refractivity contribution is 0.282. The second-order valence-electron chi connectivity index (χ2n) is 4.68. The summed E-state index contributed by atoms with van der Waals surface area (Å²) in [6.45, 7) is 8.76. The van der Waals surface area contributed by atoms with Crippen molar-refractivity contribution in [3.05, 3.63) is 53.6 Å². The van der Waals surface area contributed by atoms with Gasteiger partial charge in [0.15, 0.2) is 0 Å². The van der Waals surface area contributed by atoms with Gasteiger partial charge in [-0.05, 0) is 17.5 Å². The van der Waals surface area contributed by atoms with E-state index in [-0.39, 0.29) is 0 Å². The van der Waals surface area contributed by atoms with Crippen LogP contribution in [0, 0.1) is 0 Å². The molecule has 0 bridgehead atoms. The van der Waals surface area contributed by atoms with Crippen LogP contribution in [-0.4, -0.2) is 12.1 Å². The Hall–Kier alpha value is -2.03. The van der Waals surface area contributed by atoms with E-state index in [1.807, 2.05) is 56.3 Å². The molecule has 114 valence electrons. The van der Waals surface area contributed by atoms with Gasteiger partial charge in [0, 0.05) is 11.6 Å². The summed E-state index contributed by atoms with van der Waals surface area (Å²) in [5, 5.41) is 0. The Bertz CT molecular complexity index is 524. The average Bonchev–Trinajstić information content (AvgIpc) is 2.55. The van der Waals surface area contributed by atoms with E-state index in [0.717, 1.165) is 11.1 Å². The van der Waals surface area contributed by atoms with E-state index < -0.39 is 0 Å². The molecule has 3 heteroatoms. The number of benzene rings is 1. The molecule has 1 heterocycles. The summed E-state index contributed by atoms with van der Waals surface area (Å²) in [4.78, 5) is 4.38. The molecule has 0 saturated carbocycles. The lowest BCUT2D eigenvalue weighted by Crippen LogP contribution is -2.03. The molecule has 2 aromatic rings. The third kappa shape index (κ3) is 5.10. The number of pyridine rings is 1. The fraction of sp³-hybridized carbons (Fsp3) is 0.389. The number of hydrogen-bond acceptors (Lipinski definition) is 3. The molecule has 3 nitrogen and oxygen atoms in total. The van der Waals surface area contributed by atoms with E-state index in [2.05, 4.69) is 18.8 Å². The molecule has 0 radical (unpaired) electrons. The molecule has 0 aliphatic rings. The van der Waals surface area contributed by atoms with Gasteiger partial charge in [0.25, 0.3) is 0 Å². The van der Waals surface area contributed by atoms with Crippen molar-refractivity contribution in [2.75, 3.05) is 7.11 Å². The minimum Gasteiger partial charge on any atom is -0.481 e. The molecule has 0 aliphatic heterocycles. The van der Waals surface area contributed by atoms with Crippen LogP contribution in [0.25, 0.3) is 0 Å². The maximum Gasteiger partial charge on any atom is 0.220 e. The van der Waals surface area contributed by atoms with Gasteiger partial charge in [0.05, 0.1) is 7.11 Å². The highest BCUT2D eigenvalue weighted by molar-refractivity contribution is 5.33. The minimum atomic E-state index is 0.365. The lowest BCUT2D eigenvalue weighted by atomic mass is 10.1. The molecule has 2 rings (SSSR count). The van der Waals surface area contributed by atoms with E-state index >= 15 is 0 Å². The molecule has 0 N–H and O–H groups in total. The molecule has 21 heavy (non-hydrogen) atoms. The summed E-state index contributed by atoms with van der Waals surface area (Å²) in [5.74, 6) is 1.59. The van der Waals surface area contributed by atoms with Gasteiger partial charge < -0.3 is 9.47 Å². The minimum absolute atomic E-state index is 0.365. The third-order valence-corrected chi connectivity index (χ3v) is 2.91. The number of hydrogen-bond donors (Lipinski definition) is 0.